The minimum atomic E-state index is 0.303. The van der Waals surface area contributed by atoms with Crippen LogP contribution in [0.2, 0.25) is 0 Å². The third-order valence-corrected chi connectivity index (χ3v) is 2.53. The number of quaternary nitrogens is 1. The molecule has 66 valence electrons. The van der Waals surface area contributed by atoms with Gasteiger partial charge in [0.1, 0.15) is 0 Å². The quantitative estimate of drug-likeness (QED) is 0.570. The Kier molecular flexibility index (Phi) is 4.34. The SMILES string of the molecule is CCC[N+](CC)(CC)C(C)=O. The Hall–Kier alpha value is -0.370. The van der Waals surface area contributed by atoms with E-state index in [1.54, 1.807) is 6.92 Å². The van der Waals surface area contributed by atoms with Crippen LogP contribution in [-0.4, -0.2) is 30.0 Å². The molecule has 0 aromatic carbocycles. The predicted octanol–water partition coefficient (Wildman–Crippen LogP) is 1.80. The number of hydrogen-bond acceptors (Lipinski definition) is 1. The molecule has 0 unspecified atom stereocenters. The summed E-state index contributed by atoms with van der Waals surface area (Å²) in [5.74, 6) is 0.303. The maximum absolute atomic E-state index is 11.3. The summed E-state index contributed by atoms with van der Waals surface area (Å²) in [6, 6.07) is 0. The third-order valence-electron chi connectivity index (χ3n) is 2.53. The van der Waals surface area contributed by atoms with E-state index >= 15 is 0 Å². The van der Waals surface area contributed by atoms with Crippen molar-refractivity contribution in [2.45, 2.75) is 34.1 Å². The molecule has 0 radical (unpaired) electrons. The Bertz CT molecular complexity index is 128. The lowest BCUT2D eigenvalue weighted by Gasteiger charge is -2.32. The Morgan fingerprint density at radius 2 is 1.64 bits per heavy atom. The van der Waals surface area contributed by atoms with E-state index in [1.165, 1.54) is 0 Å². The topological polar surface area (TPSA) is 17.1 Å². The molecule has 2 heteroatoms. The van der Waals surface area contributed by atoms with Crippen molar-refractivity contribution in [1.29, 1.82) is 0 Å². The number of hydrogen-bond donors (Lipinski definition) is 0. The normalized spacial score (nSPS) is 11.6. The number of rotatable bonds is 4. The van der Waals surface area contributed by atoms with Crippen LogP contribution in [0, 0.1) is 0 Å². The monoisotopic (exact) mass is 158 g/mol. The zero-order valence-corrected chi connectivity index (χ0v) is 8.18. The summed E-state index contributed by atoms with van der Waals surface area (Å²) >= 11 is 0. The highest BCUT2D eigenvalue weighted by Gasteiger charge is 2.27. The summed E-state index contributed by atoms with van der Waals surface area (Å²) in [5.41, 5.74) is 0. The molecular weight excluding hydrogens is 138 g/mol. The Labute approximate surface area is 69.8 Å². The average molecular weight is 158 g/mol. The first kappa shape index (κ1) is 10.6. The molecule has 2 nitrogen and oxygen atoms in total. The van der Waals surface area contributed by atoms with Gasteiger partial charge in [-0.2, -0.15) is 0 Å². The first-order valence-electron chi connectivity index (χ1n) is 4.50. The van der Waals surface area contributed by atoms with Crippen LogP contribution >= 0.6 is 0 Å². The van der Waals surface area contributed by atoms with Crippen molar-refractivity contribution in [3.8, 4) is 0 Å². The van der Waals surface area contributed by atoms with Gasteiger partial charge in [0, 0.05) is 0 Å². The standard InChI is InChI=1S/C9H20NO/c1-5-8-10(6-2,7-3)9(4)11/h5-8H2,1-4H3/q+1. The molecule has 0 aliphatic heterocycles. The Morgan fingerprint density at radius 1 is 1.18 bits per heavy atom. The molecule has 0 fully saturated rings. The van der Waals surface area contributed by atoms with Gasteiger partial charge < -0.3 is 0 Å². The van der Waals surface area contributed by atoms with Crippen LogP contribution in [0.25, 0.3) is 0 Å². The second kappa shape index (κ2) is 4.50. The summed E-state index contributed by atoms with van der Waals surface area (Å²) < 4.78 is 0.649. The average Bonchev–Trinajstić information content (AvgIpc) is 2.00. The molecule has 0 N–H and O–H groups in total. The van der Waals surface area contributed by atoms with Gasteiger partial charge in [0.05, 0.1) is 26.6 Å². The largest absolute Gasteiger partial charge is 0.310 e. The maximum atomic E-state index is 11.3. The lowest BCUT2D eigenvalue weighted by Crippen LogP contribution is -2.51. The molecule has 0 bridgehead atoms. The number of carbonyl (C=O) groups is 1. The highest BCUT2D eigenvalue weighted by molar-refractivity contribution is 5.65. The van der Waals surface area contributed by atoms with Crippen molar-refractivity contribution in [1.82, 2.24) is 0 Å². The molecule has 0 rings (SSSR count). The number of carbonyl (C=O) groups excluding carboxylic acids is 1. The Balaban J connectivity index is 4.32. The molecule has 0 aliphatic carbocycles. The van der Waals surface area contributed by atoms with Crippen LogP contribution in [0.1, 0.15) is 34.1 Å². The van der Waals surface area contributed by atoms with Crippen molar-refractivity contribution in [2.75, 3.05) is 19.6 Å². The summed E-state index contributed by atoms with van der Waals surface area (Å²) in [7, 11) is 0. The van der Waals surface area contributed by atoms with Crippen molar-refractivity contribution in [3.63, 3.8) is 0 Å². The molecule has 11 heavy (non-hydrogen) atoms. The summed E-state index contributed by atoms with van der Waals surface area (Å²) in [6.07, 6.45) is 1.08. The second-order valence-electron chi connectivity index (χ2n) is 3.02. The van der Waals surface area contributed by atoms with Crippen LogP contribution in [0.15, 0.2) is 0 Å². The lowest BCUT2D eigenvalue weighted by molar-refractivity contribution is -0.850. The minimum absolute atomic E-state index is 0.303. The fourth-order valence-electron chi connectivity index (χ4n) is 1.57. The van der Waals surface area contributed by atoms with E-state index in [0.29, 0.717) is 10.4 Å². The summed E-state index contributed by atoms with van der Waals surface area (Å²) in [6.45, 7) is 10.8. The molecule has 0 atom stereocenters. The minimum Gasteiger partial charge on any atom is -0.261 e. The van der Waals surface area contributed by atoms with E-state index < -0.39 is 0 Å². The van der Waals surface area contributed by atoms with Gasteiger partial charge in [0.2, 0.25) is 0 Å². The fourth-order valence-corrected chi connectivity index (χ4v) is 1.57. The molecule has 0 aliphatic rings. The van der Waals surface area contributed by atoms with E-state index in [-0.39, 0.29) is 0 Å². The third kappa shape index (κ3) is 2.29. The van der Waals surface area contributed by atoms with E-state index in [0.717, 1.165) is 26.1 Å². The van der Waals surface area contributed by atoms with Gasteiger partial charge in [0.15, 0.2) is 0 Å². The van der Waals surface area contributed by atoms with E-state index in [2.05, 4.69) is 20.8 Å². The fraction of sp³-hybridized carbons (Fsp3) is 0.889. The highest BCUT2D eigenvalue weighted by atomic mass is 16.2. The Morgan fingerprint density at radius 3 is 1.73 bits per heavy atom. The van der Waals surface area contributed by atoms with Crippen molar-refractivity contribution in [3.05, 3.63) is 0 Å². The predicted molar refractivity (Wildman–Crippen MR) is 47.2 cm³/mol. The molecule has 0 spiro atoms. The summed E-state index contributed by atoms with van der Waals surface area (Å²) in [5, 5.41) is 0. The van der Waals surface area contributed by atoms with Gasteiger partial charge in [-0.1, -0.05) is 6.92 Å². The first-order valence-corrected chi connectivity index (χ1v) is 4.50. The molecule has 0 aromatic heterocycles. The van der Waals surface area contributed by atoms with E-state index in [4.69, 9.17) is 0 Å². The lowest BCUT2D eigenvalue weighted by atomic mass is 10.3. The molecule has 0 aromatic rings. The van der Waals surface area contributed by atoms with Crippen LogP contribution in [0.5, 0.6) is 0 Å². The zero-order valence-electron chi connectivity index (χ0n) is 8.18. The summed E-state index contributed by atoms with van der Waals surface area (Å²) in [4.78, 5) is 11.3. The molecule has 0 heterocycles. The second-order valence-corrected chi connectivity index (χ2v) is 3.02. The molecule has 0 saturated carbocycles. The van der Waals surface area contributed by atoms with Gasteiger partial charge in [-0.3, -0.25) is 4.48 Å². The van der Waals surface area contributed by atoms with Crippen molar-refractivity contribution >= 4 is 5.91 Å². The van der Waals surface area contributed by atoms with Crippen molar-refractivity contribution < 1.29 is 9.28 Å². The van der Waals surface area contributed by atoms with Crippen LogP contribution in [0.3, 0.4) is 0 Å². The van der Waals surface area contributed by atoms with Gasteiger partial charge in [-0.25, -0.2) is 4.79 Å². The van der Waals surface area contributed by atoms with Gasteiger partial charge in [-0.05, 0) is 20.3 Å². The number of nitrogens with zero attached hydrogens (tertiary/aromatic N) is 1. The van der Waals surface area contributed by atoms with Gasteiger partial charge >= 0.3 is 5.91 Å². The van der Waals surface area contributed by atoms with Crippen molar-refractivity contribution in [2.24, 2.45) is 0 Å². The molecular formula is C9H20NO+. The molecule has 0 saturated heterocycles. The van der Waals surface area contributed by atoms with Crippen LogP contribution < -0.4 is 0 Å². The highest BCUT2D eigenvalue weighted by Crippen LogP contribution is 2.07. The van der Waals surface area contributed by atoms with Crippen LogP contribution in [-0.2, 0) is 4.79 Å². The van der Waals surface area contributed by atoms with Gasteiger partial charge in [-0.15, -0.1) is 0 Å². The van der Waals surface area contributed by atoms with Crippen LogP contribution in [0.4, 0.5) is 0 Å². The molecule has 1 amide bonds. The first-order chi connectivity index (χ1) is 5.13. The van der Waals surface area contributed by atoms with E-state index in [9.17, 15) is 4.79 Å². The zero-order chi connectivity index (χ0) is 8.91. The van der Waals surface area contributed by atoms with E-state index in [1.807, 2.05) is 0 Å². The number of amides is 1. The van der Waals surface area contributed by atoms with Gasteiger partial charge in [0.25, 0.3) is 0 Å². The maximum Gasteiger partial charge on any atom is 0.310 e. The smallest absolute Gasteiger partial charge is 0.261 e.